The maximum absolute atomic E-state index is 13.1. The molecule has 7 nitrogen and oxygen atoms in total. The number of aromatic nitrogens is 3. The minimum atomic E-state index is -0.290. The second-order valence-electron chi connectivity index (χ2n) is 7.19. The van der Waals surface area contributed by atoms with Crippen LogP contribution >= 0.6 is 11.3 Å². The predicted octanol–water partition coefficient (Wildman–Crippen LogP) is 5.67. The molecule has 0 spiro atoms. The predicted molar refractivity (Wildman–Crippen MR) is 129 cm³/mol. The Bertz CT molecular complexity index is 1170. The summed E-state index contributed by atoms with van der Waals surface area (Å²) in [4.78, 5) is 25.2. The second kappa shape index (κ2) is 10.1. The van der Waals surface area contributed by atoms with E-state index in [0.29, 0.717) is 22.3 Å². The van der Waals surface area contributed by atoms with Gasteiger partial charge in [-0.25, -0.2) is 9.97 Å². The van der Waals surface area contributed by atoms with E-state index in [4.69, 9.17) is 9.72 Å². The maximum atomic E-state index is 13.1. The number of H-pyrrole nitrogens is 1. The summed E-state index contributed by atoms with van der Waals surface area (Å²) >= 11 is 1.36. The highest BCUT2D eigenvalue weighted by molar-refractivity contribution is 7.13. The van der Waals surface area contributed by atoms with Gasteiger partial charge in [0.25, 0.3) is 5.91 Å². The van der Waals surface area contributed by atoms with E-state index in [0.717, 1.165) is 42.0 Å². The number of unbranched alkanes of at least 4 members (excludes halogenated alkanes) is 1. The lowest BCUT2D eigenvalue weighted by atomic mass is 10.1. The topological polar surface area (TPSA) is 91.9 Å². The number of nitrogens with one attached hydrogen (secondary N) is 3. The Labute approximate surface area is 190 Å². The number of imidazole rings is 1. The molecular weight excluding hydrogens is 422 g/mol. The highest BCUT2D eigenvalue weighted by Crippen LogP contribution is 2.29. The Hall–Kier alpha value is -3.65. The Morgan fingerprint density at radius 1 is 1.16 bits per heavy atom. The van der Waals surface area contributed by atoms with Crippen molar-refractivity contribution in [3.8, 4) is 28.4 Å². The lowest BCUT2D eigenvalue weighted by molar-refractivity contribution is 0.102. The molecule has 0 fully saturated rings. The summed E-state index contributed by atoms with van der Waals surface area (Å²) < 4.78 is 5.26. The number of aromatic amines is 1. The molecule has 0 atom stereocenters. The Morgan fingerprint density at radius 2 is 2.00 bits per heavy atom. The first-order valence-electron chi connectivity index (χ1n) is 10.5. The van der Waals surface area contributed by atoms with Gasteiger partial charge in [0.05, 0.1) is 7.11 Å². The zero-order chi connectivity index (χ0) is 22.3. The average molecular weight is 448 g/mol. The molecule has 3 N–H and O–H groups in total. The van der Waals surface area contributed by atoms with Crippen LogP contribution in [0.25, 0.3) is 22.6 Å². The zero-order valence-corrected chi connectivity index (χ0v) is 18.8. The maximum Gasteiger partial charge on any atom is 0.276 e. The van der Waals surface area contributed by atoms with E-state index in [1.165, 1.54) is 11.3 Å². The number of anilines is 2. The summed E-state index contributed by atoms with van der Waals surface area (Å²) in [7, 11) is 1.62. The van der Waals surface area contributed by atoms with Gasteiger partial charge < -0.3 is 15.0 Å². The Kier molecular flexibility index (Phi) is 6.81. The Morgan fingerprint density at radius 3 is 2.72 bits per heavy atom. The van der Waals surface area contributed by atoms with E-state index < -0.39 is 0 Å². The fourth-order valence-electron chi connectivity index (χ4n) is 3.26. The highest BCUT2D eigenvalue weighted by Gasteiger charge is 2.20. The third-order valence-electron chi connectivity index (χ3n) is 4.94. The molecule has 0 aliphatic carbocycles. The number of hydrogen-bond acceptors (Lipinski definition) is 6. The molecule has 0 bridgehead atoms. The van der Waals surface area contributed by atoms with Crippen molar-refractivity contribution in [2.24, 2.45) is 0 Å². The van der Waals surface area contributed by atoms with Gasteiger partial charge in [0, 0.05) is 34.9 Å². The molecule has 0 saturated heterocycles. The van der Waals surface area contributed by atoms with Gasteiger partial charge in [-0.1, -0.05) is 25.5 Å². The van der Waals surface area contributed by atoms with E-state index in [2.05, 4.69) is 27.5 Å². The lowest BCUT2D eigenvalue weighted by Crippen LogP contribution is -2.13. The van der Waals surface area contributed by atoms with Crippen molar-refractivity contribution in [2.45, 2.75) is 19.8 Å². The van der Waals surface area contributed by atoms with E-state index >= 15 is 0 Å². The first-order valence-corrected chi connectivity index (χ1v) is 11.4. The first-order chi connectivity index (χ1) is 15.7. The van der Waals surface area contributed by atoms with E-state index in [9.17, 15) is 4.79 Å². The fraction of sp³-hybridized carbons (Fsp3) is 0.208. The second-order valence-corrected chi connectivity index (χ2v) is 8.08. The number of carbonyl (C=O) groups is 1. The molecule has 0 saturated carbocycles. The van der Waals surface area contributed by atoms with Crippen LogP contribution in [0.5, 0.6) is 5.75 Å². The van der Waals surface area contributed by atoms with Gasteiger partial charge in [-0.3, -0.25) is 10.1 Å². The molecule has 4 rings (SSSR count). The van der Waals surface area contributed by atoms with Gasteiger partial charge in [-0.2, -0.15) is 0 Å². The van der Waals surface area contributed by atoms with Crippen molar-refractivity contribution in [3.05, 3.63) is 65.8 Å². The van der Waals surface area contributed by atoms with Gasteiger partial charge >= 0.3 is 0 Å². The smallest absolute Gasteiger partial charge is 0.276 e. The van der Waals surface area contributed by atoms with E-state index in [1.54, 1.807) is 13.3 Å². The number of thiazole rings is 1. The molecule has 4 aromatic rings. The molecule has 164 valence electrons. The molecule has 0 radical (unpaired) electrons. The first kappa shape index (κ1) is 21.6. The third kappa shape index (κ3) is 4.97. The van der Waals surface area contributed by atoms with E-state index in [-0.39, 0.29) is 5.91 Å². The minimum Gasteiger partial charge on any atom is -0.497 e. The van der Waals surface area contributed by atoms with Gasteiger partial charge in [0.1, 0.15) is 23.0 Å². The summed E-state index contributed by atoms with van der Waals surface area (Å²) in [6, 6.07) is 15.5. The van der Waals surface area contributed by atoms with Crippen LogP contribution < -0.4 is 15.4 Å². The van der Waals surface area contributed by atoms with Crippen molar-refractivity contribution >= 4 is 28.1 Å². The molecule has 0 aliphatic heterocycles. The molecule has 0 aliphatic rings. The monoisotopic (exact) mass is 447 g/mol. The van der Waals surface area contributed by atoms with E-state index in [1.807, 2.05) is 53.9 Å². The van der Waals surface area contributed by atoms with Crippen LogP contribution in [0.15, 0.2) is 60.1 Å². The number of carbonyl (C=O) groups excluding carboxylic acids is 1. The molecule has 0 unspecified atom stereocenters. The van der Waals surface area contributed by atoms with Crippen LogP contribution in [-0.4, -0.2) is 34.5 Å². The SMILES string of the molecule is CCCCNc1cccc(-c2nc(-c3ccc(OC)cc3)c(C(=O)Nc3nccs3)[nH]2)c1. The lowest BCUT2D eigenvalue weighted by Gasteiger charge is -2.06. The average Bonchev–Trinajstić information content (AvgIpc) is 3.50. The fourth-order valence-corrected chi connectivity index (χ4v) is 3.79. The van der Waals surface area contributed by atoms with Gasteiger partial charge in [0.2, 0.25) is 0 Å². The third-order valence-corrected chi connectivity index (χ3v) is 5.63. The van der Waals surface area contributed by atoms with Crippen LogP contribution in [-0.2, 0) is 0 Å². The number of amides is 1. The highest BCUT2D eigenvalue weighted by atomic mass is 32.1. The normalized spacial score (nSPS) is 10.7. The largest absolute Gasteiger partial charge is 0.497 e. The number of hydrogen-bond donors (Lipinski definition) is 3. The van der Waals surface area contributed by atoms with Gasteiger partial charge in [-0.05, 0) is 42.8 Å². The molecule has 2 aromatic heterocycles. The summed E-state index contributed by atoms with van der Waals surface area (Å²) in [5.74, 6) is 1.07. The van der Waals surface area contributed by atoms with Crippen LogP contribution in [0.2, 0.25) is 0 Å². The molecule has 2 aromatic carbocycles. The number of rotatable bonds is 9. The standard InChI is InChI=1S/C24H25N5O2S/c1-3-4-12-25-18-7-5-6-17(15-18)22-27-20(16-8-10-19(31-2)11-9-16)21(28-22)23(30)29-24-26-13-14-32-24/h5-11,13-15,25H,3-4,12H2,1-2H3,(H,27,28)(H,26,29,30). The number of benzene rings is 2. The number of nitrogens with zero attached hydrogens (tertiary/aromatic N) is 2. The van der Waals surface area contributed by atoms with Crippen molar-refractivity contribution in [3.63, 3.8) is 0 Å². The quantitative estimate of drug-likeness (QED) is 0.287. The van der Waals surface area contributed by atoms with Crippen molar-refractivity contribution < 1.29 is 9.53 Å². The molecule has 8 heteroatoms. The van der Waals surface area contributed by atoms with Crippen LogP contribution in [0, 0.1) is 0 Å². The number of methoxy groups -OCH3 is 1. The van der Waals surface area contributed by atoms with Crippen LogP contribution in [0.1, 0.15) is 30.3 Å². The zero-order valence-electron chi connectivity index (χ0n) is 18.0. The van der Waals surface area contributed by atoms with Gasteiger partial charge in [0.15, 0.2) is 5.13 Å². The molecule has 32 heavy (non-hydrogen) atoms. The minimum absolute atomic E-state index is 0.290. The van der Waals surface area contributed by atoms with Crippen molar-refractivity contribution in [1.82, 2.24) is 15.0 Å². The van der Waals surface area contributed by atoms with Crippen molar-refractivity contribution in [2.75, 3.05) is 24.3 Å². The Balaban J connectivity index is 1.70. The molecule has 2 heterocycles. The van der Waals surface area contributed by atoms with Crippen LogP contribution in [0.3, 0.4) is 0 Å². The number of ether oxygens (including phenoxy) is 1. The summed E-state index contributed by atoms with van der Waals surface area (Å²) in [5.41, 5.74) is 3.68. The summed E-state index contributed by atoms with van der Waals surface area (Å²) in [6.45, 7) is 3.08. The molecule has 1 amide bonds. The summed E-state index contributed by atoms with van der Waals surface area (Å²) in [5, 5.41) is 8.62. The van der Waals surface area contributed by atoms with Gasteiger partial charge in [-0.15, -0.1) is 11.3 Å². The molecular formula is C24H25N5O2S. The van der Waals surface area contributed by atoms with Crippen LogP contribution in [0.4, 0.5) is 10.8 Å². The summed E-state index contributed by atoms with van der Waals surface area (Å²) in [6.07, 6.45) is 3.89. The van der Waals surface area contributed by atoms with Crippen molar-refractivity contribution in [1.29, 1.82) is 0 Å².